The van der Waals surface area contributed by atoms with E-state index in [1.54, 1.807) is 6.92 Å². The fraction of sp³-hybridized carbons (Fsp3) is 0.267. The standard InChI is InChI=1S/C15H17NO2/c1-3-10-18-15-13(11(2)16-17)9-8-12-6-4-5-7-14(12)15/h4-9,17H,3,10H2,1-2H3/b16-11+. The predicted molar refractivity (Wildman–Crippen MR) is 73.7 cm³/mol. The Kier molecular flexibility index (Phi) is 3.82. The van der Waals surface area contributed by atoms with Crippen molar-refractivity contribution < 1.29 is 9.94 Å². The molecule has 0 aliphatic rings. The molecule has 18 heavy (non-hydrogen) atoms. The van der Waals surface area contributed by atoms with E-state index in [1.807, 2.05) is 36.4 Å². The summed E-state index contributed by atoms with van der Waals surface area (Å²) in [6.07, 6.45) is 0.942. The fourth-order valence-corrected chi connectivity index (χ4v) is 1.94. The second kappa shape index (κ2) is 5.54. The lowest BCUT2D eigenvalue weighted by atomic mass is 10.0. The molecule has 0 aromatic heterocycles. The van der Waals surface area contributed by atoms with Crippen molar-refractivity contribution in [3.63, 3.8) is 0 Å². The zero-order valence-electron chi connectivity index (χ0n) is 10.7. The first-order valence-electron chi connectivity index (χ1n) is 6.11. The van der Waals surface area contributed by atoms with E-state index in [4.69, 9.17) is 9.94 Å². The van der Waals surface area contributed by atoms with Crippen molar-refractivity contribution in [1.29, 1.82) is 0 Å². The molecule has 0 atom stereocenters. The first kappa shape index (κ1) is 12.4. The van der Waals surface area contributed by atoms with Crippen LogP contribution in [0.2, 0.25) is 0 Å². The summed E-state index contributed by atoms with van der Waals surface area (Å²) >= 11 is 0. The van der Waals surface area contributed by atoms with E-state index < -0.39 is 0 Å². The van der Waals surface area contributed by atoms with Crippen LogP contribution in [-0.2, 0) is 0 Å². The molecule has 0 aliphatic carbocycles. The highest BCUT2D eigenvalue weighted by Gasteiger charge is 2.11. The van der Waals surface area contributed by atoms with Crippen molar-refractivity contribution in [2.24, 2.45) is 5.16 Å². The third kappa shape index (κ3) is 2.30. The van der Waals surface area contributed by atoms with Gasteiger partial charge in [0.05, 0.1) is 12.3 Å². The largest absolute Gasteiger partial charge is 0.492 e. The first-order chi connectivity index (χ1) is 8.77. The van der Waals surface area contributed by atoms with Crippen LogP contribution in [0.15, 0.2) is 41.6 Å². The van der Waals surface area contributed by atoms with Crippen molar-refractivity contribution in [2.75, 3.05) is 6.61 Å². The Morgan fingerprint density at radius 2 is 2.00 bits per heavy atom. The summed E-state index contributed by atoms with van der Waals surface area (Å²) in [5, 5.41) is 14.4. The van der Waals surface area contributed by atoms with Gasteiger partial charge in [-0.15, -0.1) is 0 Å². The average Bonchev–Trinajstić information content (AvgIpc) is 2.43. The number of hydrogen-bond acceptors (Lipinski definition) is 3. The van der Waals surface area contributed by atoms with Crippen LogP contribution in [0.25, 0.3) is 10.8 Å². The number of rotatable bonds is 4. The van der Waals surface area contributed by atoms with Gasteiger partial charge in [-0.25, -0.2) is 0 Å². The Bertz CT molecular complexity index is 576. The van der Waals surface area contributed by atoms with Crippen LogP contribution in [0, 0.1) is 0 Å². The highest BCUT2D eigenvalue weighted by molar-refractivity contribution is 6.06. The van der Waals surface area contributed by atoms with Gasteiger partial charge in [0.15, 0.2) is 0 Å². The van der Waals surface area contributed by atoms with Gasteiger partial charge in [0.25, 0.3) is 0 Å². The number of oxime groups is 1. The zero-order chi connectivity index (χ0) is 13.0. The van der Waals surface area contributed by atoms with E-state index in [0.717, 1.165) is 28.5 Å². The van der Waals surface area contributed by atoms with Crippen LogP contribution in [0.1, 0.15) is 25.8 Å². The van der Waals surface area contributed by atoms with Gasteiger partial charge >= 0.3 is 0 Å². The maximum atomic E-state index is 8.94. The van der Waals surface area contributed by atoms with Crippen LogP contribution >= 0.6 is 0 Å². The molecule has 2 aromatic carbocycles. The Labute approximate surface area is 107 Å². The van der Waals surface area contributed by atoms with E-state index in [-0.39, 0.29) is 0 Å². The summed E-state index contributed by atoms with van der Waals surface area (Å²) in [4.78, 5) is 0. The van der Waals surface area contributed by atoms with Gasteiger partial charge in [-0.3, -0.25) is 0 Å². The van der Waals surface area contributed by atoms with Crippen molar-refractivity contribution in [3.05, 3.63) is 42.0 Å². The monoisotopic (exact) mass is 243 g/mol. The number of fused-ring (bicyclic) bond motifs is 1. The van der Waals surface area contributed by atoms with Crippen LogP contribution in [0.5, 0.6) is 5.75 Å². The number of nitrogens with zero attached hydrogens (tertiary/aromatic N) is 1. The predicted octanol–water partition coefficient (Wildman–Crippen LogP) is 3.83. The second-order valence-corrected chi connectivity index (χ2v) is 4.20. The normalized spacial score (nSPS) is 11.8. The topological polar surface area (TPSA) is 41.8 Å². The van der Waals surface area contributed by atoms with Crippen molar-refractivity contribution in [3.8, 4) is 5.75 Å². The van der Waals surface area contributed by atoms with E-state index in [1.165, 1.54) is 0 Å². The highest BCUT2D eigenvalue weighted by Crippen LogP contribution is 2.30. The lowest BCUT2D eigenvalue weighted by molar-refractivity contribution is 0.314. The van der Waals surface area contributed by atoms with E-state index in [0.29, 0.717) is 12.3 Å². The second-order valence-electron chi connectivity index (χ2n) is 4.20. The summed E-state index contributed by atoms with van der Waals surface area (Å²) in [6, 6.07) is 12.0. The SMILES string of the molecule is CCCOc1c(/C(C)=N/O)ccc2ccccc12. The summed E-state index contributed by atoms with van der Waals surface area (Å²) in [5.74, 6) is 0.797. The number of hydrogen-bond donors (Lipinski definition) is 1. The van der Waals surface area contributed by atoms with Crippen molar-refractivity contribution >= 4 is 16.5 Å². The Hall–Kier alpha value is -2.03. The lowest BCUT2D eigenvalue weighted by Gasteiger charge is -2.13. The van der Waals surface area contributed by atoms with E-state index in [9.17, 15) is 0 Å². The Morgan fingerprint density at radius 1 is 1.22 bits per heavy atom. The molecule has 0 saturated heterocycles. The summed E-state index contributed by atoms with van der Waals surface area (Å²) in [5.41, 5.74) is 1.40. The summed E-state index contributed by atoms with van der Waals surface area (Å²) < 4.78 is 5.83. The van der Waals surface area contributed by atoms with Gasteiger partial charge in [0.2, 0.25) is 0 Å². The molecule has 0 amide bonds. The highest BCUT2D eigenvalue weighted by atomic mass is 16.5. The summed E-state index contributed by atoms with van der Waals surface area (Å²) in [7, 11) is 0. The molecular formula is C15H17NO2. The Balaban J connectivity index is 2.63. The first-order valence-corrected chi connectivity index (χ1v) is 6.11. The van der Waals surface area contributed by atoms with Crippen molar-refractivity contribution in [1.82, 2.24) is 0 Å². The zero-order valence-corrected chi connectivity index (χ0v) is 10.7. The van der Waals surface area contributed by atoms with Crippen LogP contribution in [-0.4, -0.2) is 17.5 Å². The van der Waals surface area contributed by atoms with Gasteiger partial charge in [-0.1, -0.05) is 42.4 Å². The number of ether oxygens (including phenoxy) is 1. The van der Waals surface area contributed by atoms with E-state index >= 15 is 0 Å². The van der Waals surface area contributed by atoms with Gasteiger partial charge in [0.1, 0.15) is 5.75 Å². The van der Waals surface area contributed by atoms with Crippen molar-refractivity contribution in [2.45, 2.75) is 20.3 Å². The Morgan fingerprint density at radius 3 is 2.72 bits per heavy atom. The van der Waals surface area contributed by atoms with Gasteiger partial charge in [-0.2, -0.15) is 0 Å². The maximum Gasteiger partial charge on any atom is 0.136 e. The quantitative estimate of drug-likeness (QED) is 0.504. The molecule has 2 aromatic rings. The molecule has 2 rings (SSSR count). The van der Waals surface area contributed by atoms with Gasteiger partial charge in [-0.05, 0) is 24.8 Å². The smallest absolute Gasteiger partial charge is 0.136 e. The minimum absolute atomic E-state index is 0.562. The molecule has 1 N–H and O–H groups in total. The minimum atomic E-state index is 0.562. The third-order valence-electron chi connectivity index (χ3n) is 2.87. The summed E-state index contributed by atoms with van der Waals surface area (Å²) in [6.45, 7) is 4.49. The molecule has 0 fully saturated rings. The third-order valence-corrected chi connectivity index (χ3v) is 2.87. The molecule has 3 heteroatoms. The molecule has 0 spiro atoms. The number of benzene rings is 2. The molecule has 0 unspecified atom stereocenters. The van der Waals surface area contributed by atoms with Crippen LogP contribution in [0.4, 0.5) is 0 Å². The molecule has 3 nitrogen and oxygen atoms in total. The molecule has 0 aliphatic heterocycles. The molecular weight excluding hydrogens is 226 g/mol. The van der Waals surface area contributed by atoms with Gasteiger partial charge < -0.3 is 9.94 Å². The molecule has 94 valence electrons. The maximum absolute atomic E-state index is 8.94. The van der Waals surface area contributed by atoms with Gasteiger partial charge in [0, 0.05) is 10.9 Å². The van der Waals surface area contributed by atoms with Crippen LogP contribution < -0.4 is 4.74 Å². The van der Waals surface area contributed by atoms with Crippen LogP contribution in [0.3, 0.4) is 0 Å². The fourth-order valence-electron chi connectivity index (χ4n) is 1.94. The lowest BCUT2D eigenvalue weighted by Crippen LogP contribution is -2.03. The molecule has 0 radical (unpaired) electrons. The molecule has 0 saturated carbocycles. The molecule has 0 heterocycles. The minimum Gasteiger partial charge on any atom is -0.492 e. The van der Waals surface area contributed by atoms with E-state index in [2.05, 4.69) is 12.1 Å². The molecule has 0 bridgehead atoms. The average molecular weight is 243 g/mol.